The Labute approximate surface area is 178 Å². The molecule has 0 bridgehead atoms. The summed E-state index contributed by atoms with van der Waals surface area (Å²) in [6, 6.07) is 19.9. The number of nitrogen functional groups attached to an aromatic ring is 1. The van der Waals surface area contributed by atoms with Crippen LogP contribution in [0.3, 0.4) is 0 Å². The molecule has 0 fully saturated rings. The van der Waals surface area contributed by atoms with Crippen molar-refractivity contribution >= 4 is 22.4 Å². The molecule has 0 aliphatic rings. The van der Waals surface area contributed by atoms with Crippen molar-refractivity contribution in [3.8, 4) is 22.8 Å². The molecule has 1 heterocycles. The summed E-state index contributed by atoms with van der Waals surface area (Å²) in [6.45, 7) is 0. The smallest absolute Gasteiger partial charge is 0.217 e. The van der Waals surface area contributed by atoms with Crippen molar-refractivity contribution in [3.05, 3.63) is 88.1 Å². The maximum absolute atomic E-state index is 13.3. The largest absolute Gasteiger partial charge is 0.493 e. The third-order valence-electron chi connectivity index (χ3n) is 5.08. The molecule has 4 aromatic rings. The fourth-order valence-electron chi connectivity index (χ4n) is 3.62. The predicted molar refractivity (Wildman–Crippen MR) is 120 cm³/mol. The van der Waals surface area contributed by atoms with Gasteiger partial charge in [0.05, 0.1) is 25.2 Å². The Morgan fingerprint density at radius 2 is 1.61 bits per heavy atom. The Morgan fingerprint density at radius 3 is 2.23 bits per heavy atom. The summed E-state index contributed by atoms with van der Waals surface area (Å²) < 4.78 is 16.9. The maximum atomic E-state index is 13.3. The minimum Gasteiger partial charge on any atom is -0.493 e. The molecular formula is C25H21NO5. The first-order valence-corrected chi connectivity index (χ1v) is 9.69. The Kier molecular flexibility index (Phi) is 5.45. The van der Waals surface area contributed by atoms with Gasteiger partial charge in [0, 0.05) is 18.1 Å². The number of fused-ring (bicyclic) bond motifs is 1. The lowest BCUT2D eigenvalue weighted by Gasteiger charge is -2.16. The van der Waals surface area contributed by atoms with E-state index in [-0.39, 0.29) is 45.9 Å². The van der Waals surface area contributed by atoms with Crippen molar-refractivity contribution in [3.63, 3.8) is 0 Å². The van der Waals surface area contributed by atoms with Gasteiger partial charge >= 0.3 is 0 Å². The Bertz CT molecular complexity index is 1310. The number of Topliss-reactive ketones (excluding diaryl/α,β-unsaturated/α-hetero) is 1. The fraction of sp³-hybridized carbons (Fsp3) is 0.120. The van der Waals surface area contributed by atoms with Crippen molar-refractivity contribution in [1.82, 2.24) is 0 Å². The molecule has 0 radical (unpaired) electrons. The van der Waals surface area contributed by atoms with Crippen molar-refractivity contribution in [1.29, 1.82) is 0 Å². The Hall–Kier alpha value is -4.06. The Balaban J connectivity index is 2.00. The lowest BCUT2D eigenvalue weighted by Crippen LogP contribution is -2.16. The maximum Gasteiger partial charge on any atom is 0.217 e. The van der Waals surface area contributed by atoms with E-state index in [0.717, 1.165) is 5.56 Å². The predicted octanol–water partition coefficient (Wildman–Crippen LogP) is 4.48. The van der Waals surface area contributed by atoms with Gasteiger partial charge in [-0.15, -0.1) is 0 Å². The topological polar surface area (TPSA) is 91.8 Å². The number of nitrogens with two attached hydrogens (primary N) is 1. The molecule has 0 spiro atoms. The molecule has 0 unspecified atom stereocenters. The molecule has 2 N–H and O–H groups in total. The third-order valence-corrected chi connectivity index (χ3v) is 5.08. The molecule has 31 heavy (non-hydrogen) atoms. The normalized spacial score (nSPS) is 10.8. The van der Waals surface area contributed by atoms with Crippen LogP contribution in [0, 0.1) is 0 Å². The number of carbonyl (C=O) groups is 1. The monoisotopic (exact) mass is 415 g/mol. The van der Waals surface area contributed by atoms with Gasteiger partial charge < -0.3 is 19.6 Å². The molecule has 0 aliphatic carbocycles. The molecule has 156 valence electrons. The van der Waals surface area contributed by atoms with E-state index in [1.807, 2.05) is 48.5 Å². The van der Waals surface area contributed by atoms with Gasteiger partial charge in [0.15, 0.2) is 23.0 Å². The van der Waals surface area contributed by atoms with Crippen LogP contribution in [0.1, 0.15) is 15.9 Å². The van der Waals surface area contributed by atoms with Crippen LogP contribution in [0.4, 0.5) is 5.69 Å². The third kappa shape index (κ3) is 3.64. The number of anilines is 1. The summed E-state index contributed by atoms with van der Waals surface area (Å²) in [5, 5.41) is 0.0794. The second kappa shape index (κ2) is 8.36. The van der Waals surface area contributed by atoms with Crippen molar-refractivity contribution in [2.75, 3.05) is 20.0 Å². The van der Waals surface area contributed by atoms with Crippen LogP contribution in [0.5, 0.6) is 11.5 Å². The first-order chi connectivity index (χ1) is 15.0. The summed E-state index contributed by atoms with van der Waals surface area (Å²) in [5.41, 5.74) is 7.38. The number of hydrogen-bond donors (Lipinski definition) is 1. The van der Waals surface area contributed by atoms with Gasteiger partial charge in [-0.1, -0.05) is 60.7 Å². The lowest BCUT2D eigenvalue weighted by molar-refractivity contribution is 0.0991. The van der Waals surface area contributed by atoms with Gasteiger partial charge in [-0.2, -0.15) is 0 Å². The van der Waals surface area contributed by atoms with Crippen LogP contribution in [0.2, 0.25) is 0 Å². The van der Waals surface area contributed by atoms with Crippen LogP contribution >= 0.6 is 0 Å². The van der Waals surface area contributed by atoms with Crippen LogP contribution in [0.15, 0.2) is 75.9 Å². The van der Waals surface area contributed by atoms with Gasteiger partial charge in [0.1, 0.15) is 11.3 Å². The van der Waals surface area contributed by atoms with Gasteiger partial charge in [0.2, 0.25) is 5.43 Å². The van der Waals surface area contributed by atoms with E-state index in [2.05, 4.69) is 0 Å². The average molecular weight is 415 g/mol. The first-order valence-electron chi connectivity index (χ1n) is 9.69. The van der Waals surface area contributed by atoms with Gasteiger partial charge in [0.25, 0.3) is 0 Å². The molecule has 0 aliphatic heterocycles. The number of ketones is 1. The highest BCUT2D eigenvalue weighted by atomic mass is 16.5. The highest BCUT2D eigenvalue weighted by molar-refractivity contribution is 6.12. The van der Waals surface area contributed by atoms with E-state index in [0.29, 0.717) is 11.3 Å². The molecule has 1 aromatic heterocycles. The molecular weight excluding hydrogens is 394 g/mol. The SMILES string of the molecule is COc1cc2oc(-c3ccccc3)c(N)c(=O)c2c(C(=O)Cc2ccccc2)c1OC. The molecule has 6 nitrogen and oxygen atoms in total. The zero-order valence-electron chi connectivity index (χ0n) is 17.2. The fourth-order valence-corrected chi connectivity index (χ4v) is 3.62. The minimum absolute atomic E-state index is 0.0697. The first kappa shape index (κ1) is 20.2. The second-order valence-electron chi connectivity index (χ2n) is 6.99. The molecule has 4 rings (SSSR count). The van der Waals surface area contributed by atoms with Crippen LogP contribution in [-0.2, 0) is 6.42 Å². The Morgan fingerprint density at radius 1 is 0.968 bits per heavy atom. The number of ether oxygens (including phenoxy) is 2. The minimum atomic E-state index is -0.488. The molecule has 6 heteroatoms. The number of benzene rings is 3. The van der Waals surface area contributed by atoms with Crippen LogP contribution in [-0.4, -0.2) is 20.0 Å². The molecule has 3 aromatic carbocycles. The second-order valence-corrected chi connectivity index (χ2v) is 6.99. The molecule has 0 saturated carbocycles. The summed E-state index contributed by atoms with van der Waals surface area (Å²) in [4.78, 5) is 26.7. The number of rotatable bonds is 6. The summed E-state index contributed by atoms with van der Waals surface area (Å²) >= 11 is 0. The van der Waals surface area contributed by atoms with Crippen molar-refractivity contribution in [2.24, 2.45) is 0 Å². The van der Waals surface area contributed by atoms with Gasteiger partial charge in [-0.25, -0.2) is 0 Å². The summed E-state index contributed by atoms with van der Waals surface area (Å²) in [7, 11) is 2.88. The average Bonchev–Trinajstić information content (AvgIpc) is 2.81. The van der Waals surface area contributed by atoms with E-state index in [4.69, 9.17) is 19.6 Å². The van der Waals surface area contributed by atoms with Crippen LogP contribution in [0.25, 0.3) is 22.3 Å². The van der Waals surface area contributed by atoms with E-state index >= 15 is 0 Å². The number of carbonyl (C=O) groups excluding carboxylic acids is 1. The zero-order chi connectivity index (χ0) is 22.0. The van der Waals surface area contributed by atoms with Crippen molar-refractivity contribution < 1.29 is 18.7 Å². The van der Waals surface area contributed by atoms with Gasteiger partial charge in [-0.3, -0.25) is 9.59 Å². The van der Waals surface area contributed by atoms with Crippen molar-refractivity contribution in [2.45, 2.75) is 6.42 Å². The van der Waals surface area contributed by atoms with Crippen LogP contribution < -0.4 is 20.6 Å². The van der Waals surface area contributed by atoms with E-state index in [9.17, 15) is 9.59 Å². The molecule has 0 atom stereocenters. The summed E-state index contributed by atoms with van der Waals surface area (Å²) in [6.07, 6.45) is 0.0826. The number of methoxy groups -OCH3 is 2. The number of hydrogen-bond acceptors (Lipinski definition) is 6. The molecule has 0 amide bonds. The lowest BCUT2D eigenvalue weighted by atomic mass is 9.97. The molecule has 0 saturated heterocycles. The zero-order valence-corrected chi connectivity index (χ0v) is 17.2. The van der Waals surface area contributed by atoms with E-state index in [1.165, 1.54) is 14.2 Å². The quantitative estimate of drug-likeness (QED) is 0.467. The highest BCUT2D eigenvalue weighted by Gasteiger charge is 2.26. The summed E-state index contributed by atoms with van der Waals surface area (Å²) in [5.74, 6) is 0.409. The van der Waals surface area contributed by atoms with E-state index in [1.54, 1.807) is 18.2 Å². The standard InChI is InChI=1S/C25H21NO5/c1-29-19-14-18-21(23(28)22(26)24(31-18)16-11-7-4-8-12-16)20(25(19)30-2)17(27)13-15-9-5-3-6-10-15/h3-12,14H,13,26H2,1-2H3. The van der Waals surface area contributed by atoms with Gasteiger partial charge in [-0.05, 0) is 5.56 Å². The van der Waals surface area contributed by atoms with E-state index < -0.39 is 5.43 Å². The highest BCUT2D eigenvalue weighted by Crippen LogP contribution is 2.39.